The summed E-state index contributed by atoms with van der Waals surface area (Å²) in [5.74, 6) is -1.16. The first-order valence-corrected chi connectivity index (χ1v) is 5.95. The summed E-state index contributed by atoms with van der Waals surface area (Å²) >= 11 is 0.995. The van der Waals surface area contributed by atoms with Gasteiger partial charge < -0.3 is 14.7 Å². The Balaban J connectivity index is 2.58. The third kappa shape index (κ3) is 3.83. The molecule has 0 fully saturated rings. The molecule has 0 saturated heterocycles. The summed E-state index contributed by atoms with van der Waals surface area (Å²) in [5, 5.41) is 8.76. The lowest BCUT2D eigenvalue weighted by Gasteiger charge is -2.15. The molecule has 1 aromatic rings. The Morgan fingerprint density at radius 2 is 2.06 bits per heavy atom. The number of carbonyl (C=O) groups is 2. The number of carboxylic acid groups (broad SMARTS) is 1. The summed E-state index contributed by atoms with van der Waals surface area (Å²) in [4.78, 5) is 24.8. The average Bonchev–Trinajstić information content (AvgIpc) is 2.77. The first kappa shape index (κ1) is 13.7. The molecule has 1 N–H and O–H groups in total. The van der Waals surface area contributed by atoms with Crippen LogP contribution in [0.1, 0.15) is 25.8 Å². The highest BCUT2D eigenvalue weighted by Crippen LogP contribution is 2.17. The highest BCUT2D eigenvalue weighted by atomic mass is 32.1. The highest BCUT2D eigenvalue weighted by molar-refractivity contribution is 7.15. The number of carbonyl (C=O) groups excluding carboxylic acids is 1. The second kappa shape index (κ2) is 6.36. The minimum absolute atomic E-state index is 0.154. The molecule has 1 aromatic heterocycles. The van der Waals surface area contributed by atoms with Gasteiger partial charge in [0.1, 0.15) is 4.88 Å². The van der Waals surface area contributed by atoms with E-state index in [4.69, 9.17) is 9.84 Å². The van der Waals surface area contributed by atoms with E-state index < -0.39 is 5.97 Å². The largest absolute Gasteiger partial charge is 0.477 e. The van der Waals surface area contributed by atoms with Crippen LogP contribution in [-0.4, -0.2) is 49.2 Å². The Morgan fingerprint density at radius 3 is 2.59 bits per heavy atom. The standard InChI is InChI=1S/C11H15NO4S/c1-12(6-3-7-16-2)10(13)8-4-5-9(17-8)11(14)15/h4-5H,3,6-7H2,1-2H3,(H,14,15). The number of methoxy groups -OCH3 is 1. The van der Waals surface area contributed by atoms with E-state index >= 15 is 0 Å². The Bertz CT molecular complexity index is 402. The van der Waals surface area contributed by atoms with Gasteiger partial charge in [0.15, 0.2) is 0 Å². The molecule has 94 valence electrons. The second-order valence-corrected chi connectivity index (χ2v) is 4.63. The van der Waals surface area contributed by atoms with E-state index in [0.717, 1.165) is 17.8 Å². The SMILES string of the molecule is COCCCN(C)C(=O)c1ccc(C(=O)O)s1. The highest BCUT2D eigenvalue weighted by Gasteiger charge is 2.15. The summed E-state index contributed by atoms with van der Waals surface area (Å²) in [6, 6.07) is 2.99. The molecule has 0 unspecified atom stereocenters. The fraction of sp³-hybridized carbons (Fsp3) is 0.455. The number of thiophene rings is 1. The molecule has 17 heavy (non-hydrogen) atoms. The van der Waals surface area contributed by atoms with Gasteiger partial charge in [-0.2, -0.15) is 0 Å². The third-order valence-corrected chi connectivity index (χ3v) is 3.28. The molecule has 1 heterocycles. The topological polar surface area (TPSA) is 66.8 Å². The maximum atomic E-state index is 11.9. The summed E-state index contributed by atoms with van der Waals surface area (Å²) in [7, 11) is 3.30. The number of nitrogens with zero attached hydrogens (tertiary/aromatic N) is 1. The van der Waals surface area contributed by atoms with E-state index in [1.165, 1.54) is 6.07 Å². The molecule has 0 saturated carbocycles. The number of rotatable bonds is 6. The van der Waals surface area contributed by atoms with Crippen molar-refractivity contribution in [2.45, 2.75) is 6.42 Å². The molecule has 0 bridgehead atoms. The first-order chi connectivity index (χ1) is 8.06. The van der Waals surface area contributed by atoms with E-state index in [0.29, 0.717) is 18.0 Å². The van der Waals surface area contributed by atoms with Gasteiger partial charge in [-0.05, 0) is 18.6 Å². The van der Waals surface area contributed by atoms with Crippen LogP contribution in [0, 0.1) is 0 Å². The van der Waals surface area contributed by atoms with Gasteiger partial charge in [0.25, 0.3) is 5.91 Å². The molecule has 0 radical (unpaired) electrons. The maximum absolute atomic E-state index is 11.9. The predicted molar refractivity (Wildman–Crippen MR) is 64.7 cm³/mol. The number of amides is 1. The number of carboxylic acids is 1. The van der Waals surface area contributed by atoms with Crippen molar-refractivity contribution in [1.82, 2.24) is 4.90 Å². The van der Waals surface area contributed by atoms with E-state index in [9.17, 15) is 9.59 Å². The van der Waals surface area contributed by atoms with Crippen LogP contribution in [0.15, 0.2) is 12.1 Å². The van der Waals surface area contributed by atoms with Crippen molar-refractivity contribution in [2.24, 2.45) is 0 Å². The Hall–Kier alpha value is -1.40. The van der Waals surface area contributed by atoms with Crippen LogP contribution in [-0.2, 0) is 4.74 Å². The van der Waals surface area contributed by atoms with Gasteiger partial charge in [0.05, 0.1) is 4.88 Å². The summed E-state index contributed by atoms with van der Waals surface area (Å²) in [6.07, 6.45) is 0.760. The van der Waals surface area contributed by atoms with E-state index in [1.807, 2.05) is 0 Å². The van der Waals surface area contributed by atoms with Crippen LogP contribution in [0.2, 0.25) is 0 Å². The van der Waals surface area contributed by atoms with Crippen molar-refractivity contribution in [2.75, 3.05) is 27.3 Å². The minimum Gasteiger partial charge on any atom is -0.477 e. The molecule has 0 atom stereocenters. The van der Waals surface area contributed by atoms with Crippen molar-refractivity contribution in [3.05, 3.63) is 21.9 Å². The fourth-order valence-corrected chi connectivity index (χ4v) is 2.14. The van der Waals surface area contributed by atoms with Crippen LogP contribution in [0.25, 0.3) is 0 Å². The quantitative estimate of drug-likeness (QED) is 0.785. The Morgan fingerprint density at radius 1 is 1.41 bits per heavy atom. The molecule has 0 aliphatic carbocycles. The third-order valence-electron chi connectivity index (χ3n) is 2.22. The number of ether oxygens (including phenoxy) is 1. The molecule has 5 nitrogen and oxygen atoms in total. The molecule has 0 spiro atoms. The molecule has 1 amide bonds. The van der Waals surface area contributed by atoms with Crippen LogP contribution in [0.5, 0.6) is 0 Å². The lowest BCUT2D eigenvalue weighted by molar-refractivity contribution is 0.0701. The average molecular weight is 257 g/mol. The fourth-order valence-electron chi connectivity index (χ4n) is 1.30. The minimum atomic E-state index is -1.00. The van der Waals surface area contributed by atoms with Crippen LogP contribution < -0.4 is 0 Å². The number of hydrogen-bond donors (Lipinski definition) is 1. The maximum Gasteiger partial charge on any atom is 0.345 e. The Labute approximate surface area is 104 Å². The van der Waals surface area contributed by atoms with Gasteiger partial charge in [-0.15, -0.1) is 11.3 Å². The molecule has 0 aliphatic rings. The number of hydrogen-bond acceptors (Lipinski definition) is 4. The van der Waals surface area contributed by atoms with Crippen molar-refractivity contribution < 1.29 is 19.4 Å². The second-order valence-electron chi connectivity index (χ2n) is 3.54. The smallest absolute Gasteiger partial charge is 0.345 e. The summed E-state index contributed by atoms with van der Waals surface area (Å²) < 4.78 is 4.90. The summed E-state index contributed by atoms with van der Waals surface area (Å²) in [5.41, 5.74) is 0. The van der Waals surface area contributed by atoms with Gasteiger partial charge in [-0.25, -0.2) is 4.79 Å². The predicted octanol–water partition coefficient (Wildman–Crippen LogP) is 1.55. The normalized spacial score (nSPS) is 10.2. The monoisotopic (exact) mass is 257 g/mol. The Kier molecular flexibility index (Phi) is 5.11. The van der Waals surface area contributed by atoms with Gasteiger partial charge in [-0.1, -0.05) is 0 Å². The van der Waals surface area contributed by atoms with Gasteiger partial charge in [0.2, 0.25) is 0 Å². The van der Waals surface area contributed by atoms with Crippen LogP contribution in [0.3, 0.4) is 0 Å². The van der Waals surface area contributed by atoms with Gasteiger partial charge in [-0.3, -0.25) is 4.79 Å². The van der Waals surface area contributed by atoms with Crippen molar-refractivity contribution in [3.63, 3.8) is 0 Å². The van der Waals surface area contributed by atoms with E-state index in [1.54, 1.807) is 25.1 Å². The molecule has 0 aromatic carbocycles. The number of aromatic carboxylic acids is 1. The zero-order valence-electron chi connectivity index (χ0n) is 9.80. The van der Waals surface area contributed by atoms with Gasteiger partial charge in [0, 0.05) is 27.3 Å². The zero-order chi connectivity index (χ0) is 12.8. The van der Waals surface area contributed by atoms with E-state index in [-0.39, 0.29) is 10.8 Å². The molecular weight excluding hydrogens is 242 g/mol. The van der Waals surface area contributed by atoms with Crippen LogP contribution >= 0.6 is 11.3 Å². The zero-order valence-corrected chi connectivity index (χ0v) is 10.6. The molecular formula is C11H15NO4S. The van der Waals surface area contributed by atoms with Crippen molar-refractivity contribution in [3.8, 4) is 0 Å². The first-order valence-electron chi connectivity index (χ1n) is 5.13. The molecule has 0 aliphatic heterocycles. The van der Waals surface area contributed by atoms with Gasteiger partial charge >= 0.3 is 5.97 Å². The van der Waals surface area contributed by atoms with Crippen molar-refractivity contribution >= 4 is 23.2 Å². The van der Waals surface area contributed by atoms with E-state index in [2.05, 4.69) is 0 Å². The molecule has 6 heteroatoms. The van der Waals surface area contributed by atoms with Crippen molar-refractivity contribution in [1.29, 1.82) is 0 Å². The van der Waals surface area contributed by atoms with Crippen LogP contribution in [0.4, 0.5) is 0 Å². The molecule has 1 rings (SSSR count). The lowest BCUT2D eigenvalue weighted by Crippen LogP contribution is -2.27. The lowest BCUT2D eigenvalue weighted by atomic mass is 10.3. The summed E-state index contributed by atoms with van der Waals surface area (Å²) in [6.45, 7) is 1.19.